The number of fused-ring (bicyclic) bond motifs is 1. The number of ether oxygens (including phenoxy) is 1. The first-order valence-corrected chi connectivity index (χ1v) is 10.2. The number of hydrogen-bond acceptors (Lipinski definition) is 11. The molecule has 0 spiro atoms. The highest BCUT2D eigenvalue weighted by molar-refractivity contribution is 7.99. The van der Waals surface area contributed by atoms with Crippen molar-refractivity contribution in [1.82, 2.24) is 30.2 Å². The van der Waals surface area contributed by atoms with Gasteiger partial charge in [0.05, 0.1) is 24.3 Å². The van der Waals surface area contributed by atoms with Crippen LogP contribution in [-0.2, 0) is 19.1 Å². The predicted octanol–water partition coefficient (Wildman–Crippen LogP) is -2.61. The number of amides is 2. The number of aliphatic hydroxyl groups is 1. The number of aliphatic carboxylic acids is 1. The summed E-state index contributed by atoms with van der Waals surface area (Å²) in [6.07, 6.45) is -1.70. The fourth-order valence-electron chi connectivity index (χ4n) is 3.02. The van der Waals surface area contributed by atoms with Crippen molar-refractivity contribution < 1.29 is 29.3 Å². The van der Waals surface area contributed by atoms with E-state index in [1.807, 2.05) is 0 Å². The number of aliphatic hydroxyl groups excluding tert-OH is 1. The van der Waals surface area contributed by atoms with Gasteiger partial charge in [0.15, 0.2) is 23.8 Å². The molecular formula is C16H22N8O6S. The number of nitrogens with two attached hydrogens (primary N) is 2. The molecule has 1 aliphatic heterocycles. The number of nitrogens with zero attached hydrogens (tertiary/aromatic N) is 4. The number of nitrogens with one attached hydrogen (secondary N) is 2. The van der Waals surface area contributed by atoms with Gasteiger partial charge in [-0.3, -0.25) is 14.2 Å². The van der Waals surface area contributed by atoms with Gasteiger partial charge in [0.1, 0.15) is 17.9 Å². The van der Waals surface area contributed by atoms with E-state index in [9.17, 15) is 24.6 Å². The normalized spacial score (nSPS) is 24.1. The number of carbonyl (C=O) groups excluding carboxylic acids is 2. The monoisotopic (exact) mass is 454 g/mol. The maximum atomic E-state index is 12.4. The van der Waals surface area contributed by atoms with E-state index in [4.69, 9.17) is 16.2 Å². The average molecular weight is 454 g/mol. The topological polar surface area (TPSA) is 221 Å². The van der Waals surface area contributed by atoms with Crippen LogP contribution in [0.3, 0.4) is 0 Å². The van der Waals surface area contributed by atoms with Crippen molar-refractivity contribution in [3.63, 3.8) is 0 Å². The van der Waals surface area contributed by atoms with E-state index >= 15 is 0 Å². The van der Waals surface area contributed by atoms with Crippen LogP contribution in [0.5, 0.6) is 0 Å². The van der Waals surface area contributed by atoms with Crippen molar-refractivity contribution in [2.75, 3.05) is 17.4 Å². The number of imidazole rings is 1. The van der Waals surface area contributed by atoms with Gasteiger partial charge in [0, 0.05) is 12.7 Å². The molecule has 168 valence electrons. The zero-order valence-corrected chi connectivity index (χ0v) is 17.2. The minimum Gasteiger partial charge on any atom is -0.479 e. The lowest BCUT2D eigenvalue weighted by Crippen LogP contribution is -2.54. The van der Waals surface area contributed by atoms with Crippen molar-refractivity contribution in [3.05, 3.63) is 12.7 Å². The smallest absolute Gasteiger partial charge is 0.335 e. The third kappa shape index (κ3) is 4.84. The minimum atomic E-state index is -1.54. The second-order valence-electron chi connectivity index (χ2n) is 6.75. The van der Waals surface area contributed by atoms with E-state index in [1.54, 1.807) is 0 Å². The molecule has 0 aromatic carbocycles. The Morgan fingerprint density at radius 2 is 2.10 bits per heavy atom. The Balaban J connectivity index is 1.72. The molecule has 5 atom stereocenters. The molecule has 2 amide bonds. The molecule has 0 radical (unpaired) electrons. The van der Waals surface area contributed by atoms with Gasteiger partial charge in [-0.05, 0) is 0 Å². The van der Waals surface area contributed by atoms with Crippen LogP contribution in [-0.4, -0.2) is 83.4 Å². The summed E-state index contributed by atoms with van der Waals surface area (Å²) < 4.78 is 6.83. The predicted molar refractivity (Wildman–Crippen MR) is 108 cm³/mol. The van der Waals surface area contributed by atoms with Crippen LogP contribution in [0.2, 0.25) is 0 Å². The Morgan fingerprint density at radius 3 is 2.77 bits per heavy atom. The lowest BCUT2D eigenvalue weighted by molar-refractivity contribution is -0.152. The van der Waals surface area contributed by atoms with E-state index in [0.29, 0.717) is 0 Å². The quantitative estimate of drug-likeness (QED) is 0.178. The van der Waals surface area contributed by atoms with Crippen molar-refractivity contribution in [2.24, 2.45) is 5.73 Å². The Bertz CT molecular complexity index is 986. The molecule has 8 N–H and O–H groups in total. The first-order valence-electron chi connectivity index (χ1n) is 9.08. The van der Waals surface area contributed by atoms with E-state index < -0.39 is 42.4 Å². The number of hydrogen-bond donors (Lipinski definition) is 6. The van der Waals surface area contributed by atoms with Crippen LogP contribution in [0, 0.1) is 0 Å². The van der Waals surface area contributed by atoms with Crippen molar-refractivity contribution in [1.29, 1.82) is 0 Å². The second-order valence-corrected chi connectivity index (χ2v) is 7.78. The number of aromatic nitrogens is 4. The van der Waals surface area contributed by atoms with Gasteiger partial charge in [-0.1, -0.05) is 0 Å². The summed E-state index contributed by atoms with van der Waals surface area (Å²) in [7, 11) is 0. The van der Waals surface area contributed by atoms with Crippen molar-refractivity contribution in [2.45, 2.75) is 37.4 Å². The number of carboxylic acid groups (broad SMARTS) is 1. The minimum absolute atomic E-state index is 0.110. The fourth-order valence-corrected chi connectivity index (χ4v) is 3.85. The Kier molecular flexibility index (Phi) is 6.89. The summed E-state index contributed by atoms with van der Waals surface area (Å²) >= 11 is 1.22. The van der Waals surface area contributed by atoms with Gasteiger partial charge in [-0.15, -0.1) is 11.8 Å². The zero-order chi connectivity index (χ0) is 22.7. The van der Waals surface area contributed by atoms with Gasteiger partial charge in [-0.25, -0.2) is 19.7 Å². The first kappa shape index (κ1) is 22.7. The molecule has 31 heavy (non-hydrogen) atoms. The van der Waals surface area contributed by atoms with E-state index in [2.05, 4.69) is 25.6 Å². The highest BCUT2D eigenvalue weighted by Crippen LogP contribution is 2.32. The van der Waals surface area contributed by atoms with Crippen LogP contribution in [0.25, 0.3) is 11.2 Å². The largest absolute Gasteiger partial charge is 0.479 e. The molecule has 3 heterocycles. The molecular weight excluding hydrogens is 432 g/mol. The summed E-state index contributed by atoms with van der Waals surface area (Å²) in [5, 5.41) is 25.3. The SMILES string of the molecule is CC(=O)NCSC[C@@H](N)C(=O)N[C@H]1[C@@H](O)[C@H](n2cnc3c(N)ncnc32)O[C@@H]1C(=O)O. The van der Waals surface area contributed by atoms with Gasteiger partial charge in [-0.2, -0.15) is 0 Å². The van der Waals surface area contributed by atoms with Crippen LogP contribution in [0.4, 0.5) is 5.82 Å². The fraction of sp³-hybridized carbons (Fsp3) is 0.500. The summed E-state index contributed by atoms with van der Waals surface area (Å²) in [5.74, 6) is -1.72. The van der Waals surface area contributed by atoms with E-state index in [0.717, 1.165) is 0 Å². The number of carbonyl (C=O) groups is 3. The molecule has 3 rings (SSSR count). The Morgan fingerprint density at radius 1 is 1.35 bits per heavy atom. The second kappa shape index (κ2) is 9.42. The number of thioether (sulfide) groups is 1. The number of anilines is 1. The van der Waals surface area contributed by atoms with Crippen LogP contribution >= 0.6 is 11.8 Å². The average Bonchev–Trinajstić information content (AvgIpc) is 3.27. The molecule has 0 bridgehead atoms. The Hall–Kier alpha value is -3.01. The zero-order valence-electron chi connectivity index (χ0n) is 16.3. The van der Waals surface area contributed by atoms with Gasteiger partial charge >= 0.3 is 5.97 Å². The molecule has 14 nitrogen and oxygen atoms in total. The molecule has 0 unspecified atom stereocenters. The maximum Gasteiger partial charge on any atom is 0.335 e. The molecule has 1 aliphatic rings. The van der Waals surface area contributed by atoms with Gasteiger partial charge in [0.25, 0.3) is 0 Å². The molecule has 1 saturated heterocycles. The van der Waals surface area contributed by atoms with Crippen LogP contribution in [0.15, 0.2) is 12.7 Å². The van der Waals surface area contributed by atoms with E-state index in [1.165, 1.54) is 35.9 Å². The van der Waals surface area contributed by atoms with Gasteiger partial charge in [0.2, 0.25) is 11.8 Å². The number of nitrogen functional groups attached to an aromatic ring is 1. The number of rotatable bonds is 8. The molecule has 0 aliphatic carbocycles. The maximum absolute atomic E-state index is 12.4. The highest BCUT2D eigenvalue weighted by Gasteiger charge is 2.49. The first-order chi connectivity index (χ1) is 14.7. The van der Waals surface area contributed by atoms with Gasteiger partial charge < -0.3 is 37.1 Å². The summed E-state index contributed by atoms with van der Waals surface area (Å²) in [6, 6.07) is -2.28. The molecule has 15 heteroatoms. The third-order valence-electron chi connectivity index (χ3n) is 4.54. The lowest BCUT2D eigenvalue weighted by Gasteiger charge is -2.22. The Labute approximate surface area is 179 Å². The molecule has 2 aromatic heterocycles. The van der Waals surface area contributed by atoms with Crippen LogP contribution < -0.4 is 22.1 Å². The standard InChI is InChI=1S/C16H22N8O6S/c1-6(25)22-5-31-2-7(17)14(27)23-8-10(26)15(30-11(8)16(28)29)24-4-21-9-12(18)19-3-20-13(9)24/h3-4,7-8,10-11,15,26H,2,5,17H2,1H3,(H,22,25)(H,23,27)(H,28,29)(H2,18,19,20)/t7-,8+,10-,11+,15-/m1/s1. The third-order valence-corrected chi connectivity index (χ3v) is 5.49. The summed E-state index contributed by atoms with van der Waals surface area (Å²) in [6.45, 7) is 1.36. The molecule has 0 saturated carbocycles. The van der Waals surface area contributed by atoms with E-state index in [-0.39, 0.29) is 34.5 Å². The molecule has 1 fully saturated rings. The lowest BCUT2D eigenvalue weighted by atomic mass is 10.1. The number of carboxylic acids is 1. The summed E-state index contributed by atoms with van der Waals surface area (Å²) in [5.41, 5.74) is 12.1. The molecule has 2 aromatic rings. The highest BCUT2D eigenvalue weighted by atomic mass is 32.2. The van der Waals surface area contributed by atoms with Crippen molar-refractivity contribution >= 4 is 46.5 Å². The van der Waals surface area contributed by atoms with Crippen LogP contribution in [0.1, 0.15) is 13.2 Å². The summed E-state index contributed by atoms with van der Waals surface area (Å²) in [4.78, 5) is 46.9. The van der Waals surface area contributed by atoms with Crippen molar-refractivity contribution in [3.8, 4) is 0 Å².